The Bertz CT molecular complexity index is 638. The zero-order valence-electron chi connectivity index (χ0n) is 11.4. The van der Waals surface area contributed by atoms with Crippen LogP contribution < -0.4 is 10.6 Å². The molecule has 20 heavy (non-hydrogen) atoms. The number of para-hydroxylation sites is 1. The van der Waals surface area contributed by atoms with Crippen LogP contribution in [0.1, 0.15) is 28.4 Å². The lowest BCUT2D eigenvalue weighted by Crippen LogP contribution is -2.36. The van der Waals surface area contributed by atoms with Crippen LogP contribution in [0, 0.1) is 0 Å². The van der Waals surface area contributed by atoms with Crippen molar-refractivity contribution in [1.82, 2.24) is 4.98 Å². The average Bonchev–Trinajstić information content (AvgIpc) is 3.10. The number of hydrogen-bond donors (Lipinski definition) is 1. The Balaban J connectivity index is 2.01. The molecule has 1 aliphatic rings. The Morgan fingerprint density at radius 1 is 1.50 bits per heavy atom. The molecule has 0 saturated carbocycles. The maximum absolute atomic E-state index is 12.2. The van der Waals surface area contributed by atoms with Crippen molar-refractivity contribution >= 4 is 22.9 Å². The lowest BCUT2D eigenvalue weighted by atomic mass is 10.1. The van der Waals surface area contributed by atoms with Gasteiger partial charge >= 0.3 is 0 Å². The van der Waals surface area contributed by atoms with Gasteiger partial charge in [-0.3, -0.25) is 4.79 Å². The third-order valence-electron chi connectivity index (χ3n) is 3.62. The van der Waals surface area contributed by atoms with E-state index < -0.39 is 0 Å². The highest BCUT2D eigenvalue weighted by molar-refractivity contribution is 7.11. The van der Waals surface area contributed by atoms with Crippen LogP contribution in [-0.4, -0.2) is 17.4 Å². The van der Waals surface area contributed by atoms with Crippen LogP contribution in [-0.2, 0) is 17.6 Å². The third-order valence-corrected chi connectivity index (χ3v) is 4.87. The molecule has 1 amide bonds. The van der Waals surface area contributed by atoms with Crippen molar-refractivity contribution in [2.24, 2.45) is 5.73 Å². The number of anilines is 1. The maximum atomic E-state index is 12.2. The summed E-state index contributed by atoms with van der Waals surface area (Å²) < 4.78 is 0. The number of fused-ring (bicyclic) bond motifs is 1. The molecule has 2 aromatic rings. The van der Waals surface area contributed by atoms with Crippen LogP contribution in [0.25, 0.3) is 0 Å². The summed E-state index contributed by atoms with van der Waals surface area (Å²) in [6.45, 7) is 2.14. The van der Waals surface area contributed by atoms with Crippen LogP contribution in [0.5, 0.6) is 0 Å². The van der Waals surface area contributed by atoms with Crippen molar-refractivity contribution in [3.63, 3.8) is 0 Å². The number of rotatable bonds is 3. The zero-order valence-corrected chi connectivity index (χ0v) is 12.2. The van der Waals surface area contributed by atoms with Crippen molar-refractivity contribution < 1.29 is 4.79 Å². The maximum Gasteiger partial charge on any atom is 0.241 e. The number of carbonyl (C=O) groups excluding carboxylic acids is 1. The summed E-state index contributed by atoms with van der Waals surface area (Å²) in [5.41, 5.74) is 7.73. The molecule has 3 rings (SSSR count). The van der Waals surface area contributed by atoms with Gasteiger partial charge < -0.3 is 10.6 Å². The first-order chi connectivity index (χ1) is 9.74. The van der Waals surface area contributed by atoms with Gasteiger partial charge in [-0.2, -0.15) is 0 Å². The van der Waals surface area contributed by atoms with Crippen LogP contribution in [0.4, 0.5) is 5.69 Å². The van der Waals surface area contributed by atoms with Gasteiger partial charge in [0.1, 0.15) is 5.01 Å². The van der Waals surface area contributed by atoms with E-state index in [0.29, 0.717) is 0 Å². The van der Waals surface area contributed by atoms with Gasteiger partial charge in [-0.05, 0) is 18.1 Å². The van der Waals surface area contributed by atoms with Gasteiger partial charge in [0.15, 0.2) is 0 Å². The summed E-state index contributed by atoms with van der Waals surface area (Å²) in [5, 5.41) is 1.000. The van der Waals surface area contributed by atoms with Gasteiger partial charge in [0.2, 0.25) is 5.91 Å². The molecule has 1 unspecified atom stereocenters. The number of amides is 1. The summed E-state index contributed by atoms with van der Waals surface area (Å²) in [6, 6.07) is 8.01. The second kappa shape index (κ2) is 5.34. The highest BCUT2D eigenvalue weighted by atomic mass is 32.1. The van der Waals surface area contributed by atoms with Crippen molar-refractivity contribution in [3.8, 4) is 0 Å². The van der Waals surface area contributed by atoms with E-state index in [0.717, 1.165) is 23.5 Å². The standard InChI is InChI=1S/C15H17N3OS/c1-2-11-9-17-15(20-11)13-7-10-5-3-4-6-12(10)18(13)14(19)8-16/h3-6,9,13H,2,7-8,16H2,1H3. The molecule has 0 spiro atoms. The molecular formula is C15H17N3OS. The van der Waals surface area contributed by atoms with Gasteiger partial charge in [0.25, 0.3) is 0 Å². The predicted molar refractivity (Wildman–Crippen MR) is 80.9 cm³/mol. The molecule has 0 saturated heterocycles. The Morgan fingerprint density at radius 3 is 3.00 bits per heavy atom. The Hall–Kier alpha value is -1.72. The average molecular weight is 287 g/mol. The van der Waals surface area contributed by atoms with Crippen LogP contribution >= 0.6 is 11.3 Å². The minimum atomic E-state index is -0.0480. The minimum Gasteiger partial charge on any atom is -0.322 e. The van der Waals surface area contributed by atoms with Crippen molar-refractivity contribution in [2.75, 3.05) is 11.4 Å². The number of thiazole rings is 1. The Kier molecular flexibility index (Phi) is 3.54. The van der Waals surface area contributed by atoms with E-state index in [1.165, 1.54) is 10.4 Å². The summed E-state index contributed by atoms with van der Waals surface area (Å²) in [5.74, 6) is -0.0480. The second-order valence-corrected chi connectivity index (χ2v) is 5.98. The number of nitrogens with zero attached hydrogens (tertiary/aromatic N) is 2. The fraction of sp³-hybridized carbons (Fsp3) is 0.333. The van der Waals surface area contributed by atoms with Crippen LogP contribution in [0.2, 0.25) is 0 Å². The summed E-state index contributed by atoms with van der Waals surface area (Å²) in [7, 11) is 0. The van der Waals surface area contributed by atoms with Gasteiger partial charge in [-0.25, -0.2) is 4.98 Å². The topological polar surface area (TPSA) is 59.2 Å². The fourth-order valence-electron chi connectivity index (χ4n) is 2.63. The number of aryl methyl sites for hydroxylation is 1. The van der Waals surface area contributed by atoms with Gasteiger partial charge in [-0.15, -0.1) is 11.3 Å². The van der Waals surface area contributed by atoms with E-state index >= 15 is 0 Å². The lowest BCUT2D eigenvalue weighted by Gasteiger charge is -2.23. The van der Waals surface area contributed by atoms with E-state index in [9.17, 15) is 4.79 Å². The highest BCUT2D eigenvalue weighted by Gasteiger charge is 2.35. The molecule has 0 radical (unpaired) electrons. The van der Waals surface area contributed by atoms with Crippen LogP contribution in [0.15, 0.2) is 30.5 Å². The smallest absolute Gasteiger partial charge is 0.241 e. The molecule has 104 valence electrons. The van der Waals surface area contributed by atoms with E-state index in [-0.39, 0.29) is 18.5 Å². The number of nitrogens with two attached hydrogens (primary N) is 1. The van der Waals surface area contributed by atoms with E-state index in [1.54, 1.807) is 11.3 Å². The number of hydrogen-bond acceptors (Lipinski definition) is 4. The summed E-state index contributed by atoms with van der Waals surface area (Å²) >= 11 is 1.69. The van der Waals surface area contributed by atoms with Crippen molar-refractivity contribution in [3.05, 3.63) is 45.9 Å². The molecule has 0 aliphatic carbocycles. The van der Waals surface area contributed by atoms with E-state index in [4.69, 9.17) is 5.73 Å². The molecule has 1 atom stereocenters. The summed E-state index contributed by atoms with van der Waals surface area (Å²) in [6.07, 6.45) is 3.70. The van der Waals surface area contributed by atoms with Crippen LogP contribution in [0.3, 0.4) is 0 Å². The Labute approximate surface area is 122 Å². The Morgan fingerprint density at radius 2 is 2.30 bits per heavy atom. The molecule has 1 aromatic carbocycles. The molecule has 2 N–H and O–H groups in total. The van der Waals surface area contributed by atoms with Crippen molar-refractivity contribution in [2.45, 2.75) is 25.8 Å². The lowest BCUT2D eigenvalue weighted by molar-refractivity contribution is -0.117. The molecule has 1 aliphatic heterocycles. The first-order valence-corrected chi connectivity index (χ1v) is 7.61. The fourth-order valence-corrected chi connectivity index (χ4v) is 3.58. The number of benzene rings is 1. The predicted octanol–water partition coefficient (Wildman–Crippen LogP) is 2.29. The highest BCUT2D eigenvalue weighted by Crippen LogP contribution is 2.41. The second-order valence-electron chi connectivity index (χ2n) is 4.83. The van der Waals surface area contributed by atoms with E-state index in [2.05, 4.69) is 18.0 Å². The third kappa shape index (κ3) is 2.13. The van der Waals surface area contributed by atoms with Gasteiger partial charge in [0, 0.05) is 23.2 Å². The molecular weight excluding hydrogens is 270 g/mol. The first-order valence-electron chi connectivity index (χ1n) is 6.79. The number of carbonyl (C=O) groups is 1. The van der Waals surface area contributed by atoms with E-state index in [1.807, 2.05) is 29.3 Å². The molecule has 1 aromatic heterocycles. The molecule has 5 heteroatoms. The zero-order chi connectivity index (χ0) is 14.1. The molecule has 4 nitrogen and oxygen atoms in total. The van der Waals surface area contributed by atoms with Gasteiger partial charge in [-0.1, -0.05) is 25.1 Å². The molecule has 2 heterocycles. The SMILES string of the molecule is CCc1cnc(C2Cc3ccccc3N2C(=O)CN)s1. The molecule has 0 fully saturated rings. The van der Waals surface area contributed by atoms with Crippen molar-refractivity contribution in [1.29, 1.82) is 0 Å². The normalized spacial score (nSPS) is 17.3. The van der Waals surface area contributed by atoms with Gasteiger partial charge in [0.05, 0.1) is 12.6 Å². The largest absolute Gasteiger partial charge is 0.322 e. The first kappa shape index (κ1) is 13.3. The summed E-state index contributed by atoms with van der Waals surface area (Å²) in [4.78, 5) is 19.8. The molecule has 0 bridgehead atoms. The quantitative estimate of drug-likeness (QED) is 0.942. The monoisotopic (exact) mass is 287 g/mol. The minimum absolute atomic E-state index is 0.00579. The number of aromatic nitrogens is 1.